The SMILES string of the molecule is O=C1C=CC(=CC=CC=C2C=CC(=O)O2)O1. The lowest BCUT2D eigenvalue weighted by atomic mass is 10.3. The highest BCUT2D eigenvalue weighted by atomic mass is 16.5. The smallest absolute Gasteiger partial charge is 0.336 e. The Kier molecular flexibility index (Phi) is 2.82. The summed E-state index contributed by atoms with van der Waals surface area (Å²) < 4.78 is 9.58. The maximum atomic E-state index is 10.7. The first-order valence-electron chi connectivity index (χ1n) is 4.62. The van der Waals surface area contributed by atoms with Crippen LogP contribution in [0.3, 0.4) is 0 Å². The van der Waals surface area contributed by atoms with Crippen molar-refractivity contribution < 1.29 is 19.1 Å². The molecule has 0 aromatic heterocycles. The molecule has 0 N–H and O–H groups in total. The molecule has 2 aliphatic heterocycles. The van der Waals surface area contributed by atoms with Crippen molar-refractivity contribution in [3.63, 3.8) is 0 Å². The number of esters is 2. The number of allylic oxidation sites excluding steroid dienone is 6. The van der Waals surface area contributed by atoms with Crippen LogP contribution in [0.1, 0.15) is 0 Å². The van der Waals surface area contributed by atoms with E-state index in [1.807, 2.05) is 0 Å². The van der Waals surface area contributed by atoms with Crippen molar-refractivity contribution in [1.29, 1.82) is 0 Å². The van der Waals surface area contributed by atoms with E-state index < -0.39 is 0 Å². The molecule has 0 saturated carbocycles. The first-order chi connectivity index (χ1) is 7.74. The molecule has 0 aromatic rings. The van der Waals surface area contributed by atoms with Gasteiger partial charge < -0.3 is 9.47 Å². The van der Waals surface area contributed by atoms with Crippen molar-refractivity contribution in [2.24, 2.45) is 0 Å². The van der Waals surface area contributed by atoms with Gasteiger partial charge in [-0.3, -0.25) is 0 Å². The number of rotatable bonds is 2. The van der Waals surface area contributed by atoms with Crippen molar-refractivity contribution in [2.75, 3.05) is 0 Å². The summed E-state index contributed by atoms with van der Waals surface area (Å²) in [5.74, 6) is 0.230. The van der Waals surface area contributed by atoms with Gasteiger partial charge in [-0.25, -0.2) is 9.59 Å². The van der Waals surface area contributed by atoms with Crippen LogP contribution >= 0.6 is 0 Å². The number of ether oxygens (including phenoxy) is 2. The maximum Gasteiger partial charge on any atom is 0.336 e. The Balaban J connectivity index is 1.92. The molecule has 2 rings (SSSR count). The molecule has 80 valence electrons. The van der Waals surface area contributed by atoms with Crippen LogP contribution in [0.15, 0.2) is 60.1 Å². The third-order valence-corrected chi connectivity index (χ3v) is 1.84. The highest BCUT2D eigenvalue weighted by Crippen LogP contribution is 2.10. The second-order valence-electron chi connectivity index (χ2n) is 3.03. The molecule has 2 aliphatic rings. The lowest BCUT2D eigenvalue weighted by Gasteiger charge is -1.92. The predicted octanol–water partition coefficient (Wildman–Crippen LogP) is 1.54. The monoisotopic (exact) mass is 216 g/mol. The van der Waals surface area contributed by atoms with Crippen LogP contribution in [-0.4, -0.2) is 11.9 Å². The fraction of sp³-hybridized carbons (Fsp3) is 0. The fourth-order valence-electron chi connectivity index (χ4n) is 1.15. The van der Waals surface area contributed by atoms with Gasteiger partial charge in [0.15, 0.2) is 0 Å². The lowest BCUT2D eigenvalue weighted by Crippen LogP contribution is -1.89. The van der Waals surface area contributed by atoms with E-state index in [0.29, 0.717) is 11.5 Å². The van der Waals surface area contributed by atoms with Crippen molar-refractivity contribution >= 4 is 11.9 Å². The molecule has 0 atom stereocenters. The summed E-state index contributed by atoms with van der Waals surface area (Å²) in [4.78, 5) is 21.4. The third kappa shape index (κ3) is 2.57. The van der Waals surface area contributed by atoms with Crippen molar-refractivity contribution in [1.82, 2.24) is 0 Å². The third-order valence-electron chi connectivity index (χ3n) is 1.84. The minimum Gasteiger partial charge on any atom is -0.423 e. The summed E-state index contributed by atoms with van der Waals surface area (Å²) in [5.41, 5.74) is 0. The standard InChI is InChI=1S/C12H8O4/c13-11-7-5-9(15-11)3-1-2-4-10-6-8-12(14)16-10/h1-8H. The Bertz CT molecular complexity index is 431. The van der Waals surface area contributed by atoms with Gasteiger partial charge in [0, 0.05) is 12.2 Å². The Labute approximate surface area is 91.8 Å². The van der Waals surface area contributed by atoms with E-state index >= 15 is 0 Å². The summed E-state index contributed by atoms with van der Waals surface area (Å²) in [6.07, 6.45) is 12.5. The first-order valence-corrected chi connectivity index (χ1v) is 4.62. The molecule has 0 unspecified atom stereocenters. The molecule has 0 saturated heterocycles. The lowest BCUT2D eigenvalue weighted by molar-refractivity contribution is -0.133. The van der Waals surface area contributed by atoms with Gasteiger partial charge in [-0.05, 0) is 24.3 Å². The highest BCUT2D eigenvalue weighted by molar-refractivity contribution is 5.87. The second kappa shape index (κ2) is 4.44. The van der Waals surface area contributed by atoms with E-state index in [9.17, 15) is 9.59 Å². The fourth-order valence-corrected chi connectivity index (χ4v) is 1.15. The van der Waals surface area contributed by atoms with Crippen LogP contribution in [-0.2, 0) is 19.1 Å². The van der Waals surface area contributed by atoms with Crippen LogP contribution in [0.5, 0.6) is 0 Å². The normalized spacial score (nSPS) is 23.8. The van der Waals surface area contributed by atoms with Gasteiger partial charge in [0.25, 0.3) is 0 Å². The van der Waals surface area contributed by atoms with E-state index in [1.165, 1.54) is 12.2 Å². The van der Waals surface area contributed by atoms with E-state index in [0.717, 1.165) is 0 Å². The Morgan fingerprint density at radius 1 is 0.750 bits per heavy atom. The zero-order valence-electron chi connectivity index (χ0n) is 8.25. The number of hydrogen-bond donors (Lipinski definition) is 0. The van der Waals surface area contributed by atoms with E-state index in [-0.39, 0.29) is 11.9 Å². The van der Waals surface area contributed by atoms with Crippen LogP contribution in [0.2, 0.25) is 0 Å². The van der Waals surface area contributed by atoms with Crippen molar-refractivity contribution in [2.45, 2.75) is 0 Å². The number of carbonyl (C=O) groups excluding carboxylic acids is 2. The highest BCUT2D eigenvalue weighted by Gasteiger charge is 2.08. The molecule has 0 bridgehead atoms. The zero-order chi connectivity index (χ0) is 11.4. The molecule has 0 aromatic carbocycles. The number of carbonyl (C=O) groups is 2. The Hall–Kier alpha value is -2.36. The van der Waals surface area contributed by atoms with Crippen LogP contribution in [0.4, 0.5) is 0 Å². The largest absolute Gasteiger partial charge is 0.423 e. The second-order valence-corrected chi connectivity index (χ2v) is 3.03. The molecule has 0 aliphatic carbocycles. The van der Waals surface area contributed by atoms with E-state index in [4.69, 9.17) is 9.47 Å². The topological polar surface area (TPSA) is 52.6 Å². The summed E-state index contributed by atoms with van der Waals surface area (Å²) in [6, 6.07) is 0. The van der Waals surface area contributed by atoms with Gasteiger partial charge in [-0.2, -0.15) is 0 Å². The summed E-state index contributed by atoms with van der Waals surface area (Å²) in [7, 11) is 0. The minimum atomic E-state index is -0.370. The van der Waals surface area contributed by atoms with Crippen molar-refractivity contribution in [3.05, 3.63) is 60.1 Å². The van der Waals surface area contributed by atoms with E-state index in [2.05, 4.69) is 0 Å². The van der Waals surface area contributed by atoms with Gasteiger partial charge in [-0.15, -0.1) is 0 Å². The zero-order valence-corrected chi connectivity index (χ0v) is 8.25. The van der Waals surface area contributed by atoms with Crippen LogP contribution in [0, 0.1) is 0 Å². The summed E-state index contributed by atoms with van der Waals surface area (Å²) in [5, 5.41) is 0. The number of hydrogen-bond acceptors (Lipinski definition) is 4. The van der Waals surface area contributed by atoms with Crippen molar-refractivity contribution in [3.8, 4) is 0 Å². The molecule has 0 radical (unpaired) electrons. The quantitative estimate of drug-likeness (QED) is 0.657. The molecule has 0 spiro atoms. The molecular formula is C12H8O4. The molecule has 4 nitrogen and oxygen atoms in total. The van der Waals surface area contributed by atoms with E-state index in [1.54, 1.807) is 36.5 Å². The average molecular weight is 216 g/mol. The average Bonchev–Trinajstić information content (AvgIpc) is 2.83. The van der Waals surface area contributed by atoms with Crippen LogP contribution < -0.4 is 0 Å². The molecule has 0 amide bonds. The summed E-state index contributed by atoms with van der Waals surface area (Å²) in [6.45, 7) is 0. The Morgan fingerprint density at radius 2 is 1.19 bits per heavy atom. The molecule has 4 heteroatoms. The molecule has 16 heavy (non-hydrogen) atoms. The molecule has 2 heterocycles. The Morgan fingerprint density at radius 3 is 1.50 bits per heavy atom. The molecular weight excluding hydrogens is 208 g/mol. The van der Waals surface area contributed by atoms with Crippen LogP contribution in [0.25, 0.3) is 0 Å². The molecule has 0 fully saturated rings. The summed E-state index contributed by atoms with van der Waals surface area (Å²) >= 11 is 0. The van der Waals surface area contributed by atoms with Gasteiger partial charge >= 0.3 is 11.9 Å². The minimum absolute atomic E-state index is 0.370. The van der Waals surface area contributed by atoms with Gasteiger partial charge in [0.05, 0.1) is 0 Å². The number of cyclic esters (lactones) is 2. The van der Waals surface area contributed by atoms with Gasteiger partial charge in [0.2, 0.25) is 0 Å². The van der Waals surface area contributed by atoms with Gasteiger partial charge in [-0.1, -0.05) is 12.2 Å². The first kappa shape index (κ1) is 10.2. The van der Waals surface area contributed by atoms with Gasteiger partial charge in [0.1, 0.15) is 11.5 Å². The maximum absolute atomic E-state index is 10.7. The predicted molar refractivity (Wildman–Crippen MR) is 55.8 cm³/mol.